The van der Waals surface area contributed by atoms with Gasteiger partial charge in [0.2, 0.25) is 5.91 Å². The van der Waals surface area contributed by atoms with Gasteiger partial charge in [-0.25, -0.2) is 4.98 Å². The molecule has 0 aliphatic carbocycles. The Kier molecular flexibility index (Phi) is 4.72. The number of amides is 1. The van der Waals surface area contributed by atoms with Gasteiger partial charge in [-0.05, 0) is 31.8 Å². The fourth-order valence-corrected chi connectivity index (χ4v) is 2.93. The van der Waals surface area contributed by atoms with Crippen LogP contribution in [-0.4, -0.2) is 35.4 Å². The van der Waals surface area contributed by atoms with Crippen LogP contribution < -0.4 is 5.32 Å². The van der Waals surface area contributed by atoms with Gasteiger partial charge in [-0.15, -0.1) is 11.3 Å². The van der Waals surface area contributed by atoms with Crippen molar-refractivity contribution >= 4 is 22.4 Å². The van der Waals surface area contributed by atoms with Gasteiger partial charge in [-0.3, -0.25) is 9.69 Å². The summed E-state index contributed by atoms with van der Waals surface area (Å²) in [5, 5.41) is 3.61. The molecule has 1 amide bonds. The lowest BCUT2D eigenvalue weighted by Gasteiger charge is -2.25. The maximum absolute atomic E-state index is 11.9. The van der Waals surface area contributed by atoms with Crippen molar-refractivity contribution in [2.24, 2.45) is 0 Å². The number of carbonyl (C=O) groups is 1. The Hall–Kier alpha value is -0.940. The smallest absolute Gasteiger partial charge is 0.240 e. The van der Waals surface area contributed by atoms with E-state index in [1.807, 2.05) is 6.20 Å². The minimum atomic E-state index is 0.0570. The standard InChI is InChI=1S/C13H21N3OS/c1-10(2)11-8-14-13(18-11)15-12(17)9-16-6-4-3-5-7-16/h8,10H,3-7,9H2,1-2H3,(H,14,15,17). The van der Waals surface area contributed by atoms with Crippen LogP contribution in [0.1, 0.15) is 43.9 Å². The summed E-state index contributed by atoms with van der Waals surface area (Å²) in [5.41, 5.74) is 0. The molecule has 100 valence electrons. The summed E-state index contributed by atoms with van der Waals surface area (Å²) in [6.45, 7) is 6.85. The van der Waals surface area contributed by atoms with Crippen molar-refractivity contribution in [1.29, 1.82) is 0 Å². The molecule has 2 rings (SSSR count). The zero-order valence-corrected chi connectivity index (χ0v) is 11.9. The fraction of sp³-hybridized carbons (Fsp3) is 0.692. The van der Waals surface area contributed by atoms with Gasteiger partial charge < -0.3 is 5.32 Å². The van der Waals surface area contributed by atoms with E-state index in [9.17, 15) is 4.79 Å². The van der Waals surface area contributed by atoms with E-state index >= 15 is 0 Å². The van der Waals surface area contributed by atoms with Crippen LogP contribution in [0.5, 0.6) is 0 Å². The number of nitrogens with zero attached hydrogens (tertiary/aromatic N) is 2. The molecular formula is C13H21N3OS. The Morgan fingerprint density at radius 1 is 1.44 bits per heavy atom. The number of anilines is 1. The number of thiazole rings is 1. The quantitative estimate of drug-likeness (QED) is 0.912. The Morgan fingerprint density at radius 2 is 2.17 bits per heavy atom. The van der Waals surface area contributed by atoms with Crippen LogP contribution in [0, 0.1) is 0 Å². The molecule has 0 bridgehead atoms. The molecule has 1 aromatic rings. The van der Waals surface area contributed by atoms with Gasteiger partial charge in [-0.1, -0.05) is 20.3 Å². The summed E-state index contributed by atoms with van der Waals surface area (Å²) in [7, 11) is 0. The van der Waals surface area contributed by atoms with Crippen LogP contribution in [0.15, 0.2) is 6.20 Å². The van der Waals surface area contributed by atoms with Gasteiger partial charge in [0.1, 0.15) is 0 Å². The van der Waals surface area contributed by atoms with Crippen LogP contribution >= 0.6 is 11.3 Å². The molecule has 0 saturated carbocycles. The summed E-state index contributed by atoms with van der Waals surface area (Å²) in [5.74, 6) is 0.525. The lowest BCUT2D eigenvalue weighted by atomic mass is 10.1. The molecule has 1 N–H and O–H groups in total. The van der Waals surface area contributed by atoms with Crippen LogP contribution in [-0.2, 0) is 4.79 Å². The third-order valence-electron chi connectivity index (χ3n) is 3.15. The molecule has 0 aromatic carbocycles. The summed E-state index contributed by atoms with van der Waals surface area (Å²) in [6.07, 6.45) is 5.57. The molecule has 0 atom stereocenters. The van der Waals surface area contributed by atoms with E-state index in [4.69, 9.17) is 0 Å². The van der Waals surface area contributed by atoms with E-state index < -0.39 is 0 Å². The Labute approximate surface area is 112 Å². The number of carbonyl (C=O) groups excluding carboxylic acids is 1. The Bertz CT molecular complexity index is 397. The van der Waals surface area contributed by atoms with Crippen LogP contribution in [0.4, 0.5) is 5.13 Å². The molecule has 18 heavy (non-hydrogen) atoms. The van der Waals surface area contributed by atoms with Gasteiger partial charge in [-0.2, -0.15) is 0 Å². The average Bonchev–Trinajstić information content (AvgIpc) is 2.78. The number of rotatable bonds is 4. The number of hydrogen-bond donors (Lipinski definition) is 1. The maximum atomic E-state index is 11.9. The number of likely N-dealkylation sites (tertiary alicyclic amines) is 1. The van der Waals surface area contributed by atoms with Crippen molar-refractivity contribution < 1.29 is 4.79 Å². The van der Waals surface area contributed by atoms with Crippen molar-refractivity contribution in [1.82, 2.24) is 9.88 Å². The van der Waals surface area contributed by atoms with Crippen LogP contribution in [0.25, 0.3) is 0 Å². The fourth-order valence-electron chi connectivity index (χ4n) is 2.09. The SMILES string of the molecule is CC(C)c1cnc(NC(=O)CN2CCCCC2)s1. The summed E-state index contributed by atoms with van der Waals surface area (Å²) < 4.78 is 0. The number of hydrogen-bond acceptors (Lipinski definition) is 4. The second kappa shape index (κ2) is 6.29. The van der Waals surface area contributed by atoms with Crippen molar-refractivity contribution in [3.8, 4) is 0 Å². The minimum absolute atomic E-state index is 0.0570. The second-order valence-electron chi connectivity index (χ2n) is 5.11. The first kappa shape index (κ1) is 13.5. The predicted molar refractivity (Wildman–Crippen MR) is 75.1 cm³/mol. The molecule has 5 heteroatoms. The molecule has 1 aliphatic heterocycles. The van der Waals surface area contributed by atoms with Gasteiger partial charge >= 0.3 is 0 Å². The highest BCUT2D eigenvalue weighted by atomic mass is 32.1. The normalized spacial score (nSPS) is 17.1. The summed E-state index contributed by atoms with van der Waals surface area (Å²) >= 11 is 1.57. The molecule has 4 nitrogen and oxygen atoms in total. The van der Waals surface area contributed by atoms with Crippen molar-refractivity contribution in [2.75, 3.05) is 25.0 Å². The first-order valence-corrected chi connectivity index (χ1v) is 7.44. The van der Waals surface area contributed by atoms with Crippen LogP contribution in [0.2, 0.25) is 0 Å². The molecule has 0 unspecified atom stereocenters. The van der Waals surface area contributed by atoms with Crippen LogP contribution in [0.3, 0.4) is 0 Å². The monoisotopic (exact) mass is 267 g/mol. The molecule has 2 heterocycles. The van der Waals surface area contributed by atoms with Gasteiger partial charge in [0.05, 0.1) is 6.54 Å². The average molecular weight is 267 g/mol. The zero-order valence-electron chi connectivity index (χ0n) is 11.1. The molecule has 1 fully saturated rings. The van der Waals surface area contributed by atoms with E-state index in [1.54, 1.807) is 11.3 Å². The largest absolute Gasteiger partial charge is 0.301 e. The lowest BCUT2D eigenvalue weighted by molar-refractivity contribution is -0.117. The Balaban J connectivity index is 1.82. The summed E-state index contributed by atoms with van der Waals surface area (Å²) in [4.78, 5) is 19.5. The minimum Gasteiger partial charge on any atom is -0.301 e. The van der Waals surface area contributed by atoms with Gasteiger partial charge in [0.25, 0.3) is 0 Å². The van der Waals surface area contributed by atoms with Gasteiger partial charge in [0, 0.05) is 11.1 Å². The van der Waals surface area contributed by atoms with E-state index in [2.05, 4.69) is 29.0 Å². The van der Waals surface area contributed by atoms with Crippen molar-refractivity contribution in [2.45, 2.75) is 39.0 Å². The first-order valence-electron chi connectivity index (χ1n) is 6.63. The lowest BCUT2D eigenvalue weighted by Crippen LogP contribution is -2.36. The van der Waals surface area contributed by atoms with E-state index in [0.29, 0.717) is 12.5 Å². The van der Waals surface area contributed by atoms with E-state index in [1.165, 1.54) is 24.1 Å². The molecule has 0 spiro atoms. The molecule has 1 aliphatic rings. The molecule has 0 radical (unpaired) electrons. The predicted octanol–water partition coefficient (Wildman–Crippen LogP) is 2.69. The van der Waals surface area contributed by atoms with Crippen molar-refractivity contribution in [3.05, 3.63) is 11.1 Å². The highest BCUT2D eigenvalue weighted by Gasteiger charge is 2.15. The second-order valence-corrected chi connectivity index (χ2v) is 6.17. The van der Waals surface area contributed by atoms with E-state index in [-0.39, 0.29) is 5.91 Å². The van der Waals surface area contributed by atoms with Crippen molar-refractivity contribution in [3.63, 3.8) is 0 Å². The Morgan fingerprint density at radius 3 is 2.78 bits per heavy atom. The first-order chi connectivity index (χ1) is 8.65. The summed E-state index contributed by atoms with van der Waals surface area (Å²) in [6, 6.07) is 0. The highest BCUT2D eigenvalue weighted by molar-refractivity contribution is 7.15. The third-order valence-corrected chi connectivity index (χ3v) is 4.37. The number of piperidine rings is 1. The maximum Gasteiger partial charge on any atom is 0.240 e. The number of aromatic nitrogens is 1. The zero-order chi connectivity index (χ0) is 13.0. The molecule has 1 aromatic heterocycles. The topological polar surface area (TPSA) is 45.2 Å². The third kappa shape index (κ3) is 3.78. The highest BCUT2D eigenvalue weighted by Crippen LogP contribution is 2.25. The number of nitrogens with one attached hydrogen (secondary N) is 1. The molecular weight excluding hydrogens is 246 g/mol. The van der Waals surface area contributed by atoms with Gasteiger partial charge in [0.15, 0.2) is 5.13 Å². The van der Waals surface area contributed by atoms with E-state index in [0.717, 1.165) is 18.2 Å². The molecule has 1 saturated heterocycles.